The van der Waals surface area contributed by atoms with Crippen molar-refractivity contribution in [3.8, 4) is 0 Å². The first-order valence-corrected chi connectivity index (χ1v) is 11.0. The summed E-state index contributed by atoms with van der Waals surface area (Å²) in [5.41, 5.74) is 16.7. The molecule has 0 heterocycles. The van der Waals surface area contributed by atoms with Gasteiger partial charge in [-0.25, -0.2) is 4.79 Å². The van der Waals surface area contributed by atoms with Crippen molar-refractivity contribution in [1.29, 1.82) is 0 Å². The highest BCUT2D eigenvalue weighted by atomic mass is 16.4. The summed E-state index contributed by atoms with van der Waals surface area (Å²) >= 11 is 0. The SMILES string of the molecule is NCCCCC(NC(=O)CN)C(=O)NC(CCC(N)=O)C(=O)NC(Cc1ccccc1)C(=O)O. The van der Waals surface area contributed by atoms with E-state index in [2.05, 4.69) is 16.0 Å². The van der Waals surface area contributed by atoms with Gasteiger partial charge < -0.3 is 38.3 Å². The summed E-state index contributed by atoms with van der Waals surface area (Å²) in [6.07, 6.45) is 1.06. The maximum absolute atomic E-state index is 12.9. The number of nitrogens with two attached hydrogens (primary N) is 3. The minimum absolute atomic E-state index is 0.0205. The third-order valence-electron chi connectivity index (χ3n) is 4.99. The van der Waals surface area contributed by atoms with Gasteiger partial charge in [-0.1, -0.05) is 30.3 Å². The first-order chi connectivity index (χ1) is 16.2. The molecule has 1 aromatic rings. The van der Waals surface area contributed by atoms with E-state index in [0.717, 1.165) is 0 Å². The Morgan fingerprint density at radius 3 is 1.94 bits per heavy atom. The normalized spacial score (nSPS) is 13.2. The van der Waals surface area contributed by atoms with Crippen molar-refractivity contribution >= 4 is 29.6 Å². The molecule has 0 saturated heterocycles. The fraction of sp³-hybridized carbons (Fsp3) is 0.500. The van der Waals surface area contributed by atoms with E-state index < -0.39 is 47.7 Å². The molecule has 0 bridgehead atoms. The van der Waals surface area contributed by atoms with Gasteiger partial charge in [0.1, 0.15) is 18.1 Å². The predicted octanol–water partition coefficient (Wildman–Crippen LogP) is -1.88. The maximum Gasteiger partial charge on any atom is 0.326 e. The number of unbranched alkanes of at least 4 members (excludes halogenated alkanes) is 1. The Bertz CT molecular complexity index is 834. The van der Waals surface area contributed by atoms with Gasteiger partial charge in [-0.2, -0.15) is 0 Å². The lowest BCUT2D eigenvalue weighted by Gasteiger charge is -2.24. The topological polar surface area (TPSA) is 220 Å². The molecule has 0 aliphatic carbocycles. The van der Waals surface area contributed by atoms with Crippen molar-refractivity contribution in [3.05, 3.63) is 35.9 Å². The molecule has 0 radical (unpaired) electrons. The first kappa shape index (κ1) is 28.5. The van der Waals surface area contributed by atoms with Gasteiger partial charge in [-0.15, -0.1) is 0 Å². The fourth-order valence-corrected chi connectivity index (χ4v) is 3.16. The highest BCUT2D eigenvalue weighted by Gasteiger charge is 2.29. The Hall–Kier alpha value is -3.51. The Morgan fingerprint density at radius 1 is 0.824 bits per heavy atom. The van der Waals surface area contributed by atoms with E-state index in [1.807, 2.05) is 0 Å². The van der Waals surface area contributed by atoms with Crippen molar-refractivity contribution in [2.45, 2.75) is 56.7 Å². The number of primary amides is 1. The summed E-state index contributed by atoms with van der Waals surface area (Å²) in [7, 11) is 0. The quantitative estimate of drug-likeness (QED) is 0.133. The van der Waals surface area contributed by atoms with Crippen molar-refractivity contribution in [2.75, 3.05) is 13.1 Å². The molecular weight excluding hydrogens is 444 g/mol. The third kappa shape index (κ3) is 10.9. The monoisotopic (exact) mass is 478 g/mol. The van der Waals surface area contributed by atoms with Gasteiger partial charge in [0.05, 0.1) is 6.54 Å². The van der Waals surface area contributed by atoms with Crippen LogP contribution in [0, 0.1) is 0 Å². The van der Waals surface area contributed by atoms with Crippen LogP contribution in [0.4, 0.5) is 0 Å². The summed E-state index contributed by atoms with van der Waals surface area (Å²) in [5.74, 6) is -3.96. The van der Waals surface area contributed by atoms with Crippen LogP contribution in [0.2, 0.25) is 0 Å². The van der Waals surface area contributed by atoms with E-state index in [-0.39, 0.29) is 32.2 Å². The Balaban J connectivity index is 2.96. The van der Waals surface area contributed by atoms with Gasteiger partial charge in [0.2, 0.25) is 23.6 Å². The summed E-state index contributed by atoms with van der Waals surface area (Å²) in [6.45, 7) is 0.0762. The molecule has 0 fully saturated rings. The molecule has 0 aromatic heterocycles. The van der Waals surface area contributed by atoms with Crippen molar-refractivity contribution in [2.24, 2.45) is 17.2 Å². The number of carbonyl (C=O) groups excluding carboxylic acids is 4. The van der Waals surface area contributed by atoms with Crippen LogP contribution in [-0.2, 0) is 30.4 Å². The molecule has 188 valence electrons. The Labute approximate surface area is 198 Å². The van der Waals surface area contributed by atoms with E-state index in [1.54, 1.807) is 30.3 Å². The van der Waals surface area contributed by atoms with E-state index in [0.29, 0.717) is 24.9 Å². The van der Waals surface area contributed by atoms with Gasteiger partial charge in [0.15, 0.2) is 0 Å². The standard InChI is InChI=1S/C22H34N6O6/c23-11-5-4-8-15(26-19(30)13-24)20(31)27-16(9-10-18(25)29)21(32)28-17(22(33)34)12-14-6-2-1-3-7-14/h1-3,6-7,15-17H,4-5,8-13,23-24H2,(H2,25,29)(H,26,30)(H,27,31)(H,28,32)(H,33,34). The van der Waals surface area contributed by atoms with E-state index in [4.69, 9.17) is 17.2 Å². The molecule has 1 rings (SSSR count). The van der Waals surface area contributed by atoms with E-state index in [1.165, 1.54) is 0 Å². The molecule has 0 aliphatic heterocycles. The minimum Gasteiger partial charge on any atom is -0.480 e. The second kappa shape index (κ2) is 15.3. The first-order valence-electron chi connectivity index (χ1n) is 11.0. The molecule has 0 saturated carbocycles. The lowest BCUT2D eigenvalue weighted by atomic mass is 10.0. The number of carboxylic acid groups (broad SMARTS) is 1. The van der Waals surface area contributed by atoms with Crippen LogP contribution >= 0.6 is 0 Å². The Morgan fingerprint density at radius 2 is 1.41 bits per heavy atom. The van der Waals surface area contributed by atoms with Crippen molar-refractivity contribution < 1.29 is 29.1 Å². The average Bonchev–Trinajstić information content (AvgIpc) is 2.80. The molecule has 0 aliphatic rings. The van der Waals surface area contributed by atoms with Crippen LogP contribution in [0.3, 0.4) is 0 Å². The number of carbonyl (C=O) groups is 5. The van der Waals surface area contributed by atoms with Crippen LogP contribution in [0.1, 0.15) is 37.7 Å². The fourth-order valence-electron chi connectivity index (χ4n) is 3.16. The number of amides is 4. The van der Waals surface area contributed by atoms with Gasteiger partial charge in [0, 0.05) is 12.8 Å². The highest BCUT2D eigenvalue weighted by Crippen LogP contribution is 2.07. The molecule has 3 unspecified atom stereocenters. The number of hydrogen-bond donors (Lipinski definition) is 7. The van der Waals surface area contributed by atoms with Gasteiger partial charge in [-0.05, 0) is 37.8 Å². The van der Waals surface area contributed by atoms with E-state index in [9.17, 15) is 29.1 Å². The molecule has 34 heavy (non-hydrogen) atoms. The predicted molar refractivity (Wildman–Crippen MR) is 124 cm³/mol. The zero-order chi connectivity index (χ0) is 25.5. The number of aliphatic carboxylic acids is 1. The molecule has 0 spiro atoms. The van der Waals surface area contributed by atoms with Crippen LogP contribution in [0.5, 0.6) is 0 Å². The summed E-state index contributed by atoms with van der Waals surface area (Å²) in [4.78, 5) is 60.5. The average molecular weight is 479 g/mol. The van der Waals surface area contributed by atoms with Crippen molar-refractivity contribution in [1.82, 2.24) is 16.0 Å². The van der Waals surface area contributed by atoms with Crippen LogP contribution < -0.4 is 33.2 Å². The van der Waals surface area contributed by atoms with Gasteiger partial charge in [0.25, 0.3) is 0 Å². The molecule has 10 N–H and O–H groups in total. The zero-order valence-electron chi connectivity index (χ0n) is 19.0. The molecule has 12 nitrogen and oxygen atoms in total. The smallest absolute Gasteiger partial charge is 0.326 e. The summed E-state index contributed by atoms with van der Waals surface area (Å²) < 4.78 is 0. The number of carboxylic acids is 1. The minimum atomic E-state index is -1.26. The summed E-state index contributed by atoms with van der Waals surface area (Å²) in [6, 6.07) is 5.22. The largest absolute Gasteiger partial charge is 0.480 e. The number of benzene rings is 1. The Kier molecular flexibility index (Phi) is 12.9. The molecule has 3 atom stereocenters. The molecule has 4 amide bonds. The second-order valence-corrected chi connectivity index (χ2v) is 7.76. The van der Waals surface area contributed by atoms with E-state index >= 15 is 0 Å². The zero-order valence-corrected chi connectivity index (χ0v) is 19.0. The van der Waals surface area contributed by atoms with Crippen molar-refractivity contribution in [3.63, 3.8) is 0 Å². The number of rotatable bonds is 16. The third-order valence-corrected chi connectivity index (χ3v) is 4.99. The molecule has 12 heteroatoms. The van der Waals surface area contributed by atoms with Gasteiger partial charge in [-0.3, -0.25) is 19.2 Å². The van der Waals surface area contributed by atoms with Crippen LogP contribution in [0.25, 0.3) is 0 Å². The van der Waals surface area contributed by atoms with Crippen LogP contribution in [0.15, 0.2) is 30.3 Å². The van der Waals surface area contributed by atoms with Gasteiger partial charge >= 0.3 is 5.97 Å². The molecular formula is C22H34N6O6. The second-order valence-electron chi connectivity index (χ2n) is 7.76. The molecule has 1 aromatic carbocycles. The number of nitrogens with one attached hydrogen (secondary N) is 3. The maximum atomic E-state index is 12.9. The lowest BCUT2D eigenvalue weighted by Crippen LogP contribution is -2.56. The summed E-state index contributed by atoms with van der Waals surface area (Å²) in [5, 5.41) is 17.0. The number of hydrogen-bond acceptors (Lipinski definition) is 7. The van der Waals surface area contributed by atoms with Crippen LogP contribution in [-0.4, -0.2) is 65.9 Å². The lowest BCUT2D eigenvalue weighted by molar-refractivity contribution is -0.142. The highest BCUT2D eigenvalue weighted by molar-refractivity contribution is 5.93.